The predicted octanol–water partition coefficient (Wildman–Crippen LogP) is 2.53. The van der Waals surface area contributed by atoms with E-state index in [1.165, 1.54) is 6.33 Å². The molecule has 0 atom stereocenters. The molecule has 7 heteroatoms. The van der Waals surface area contributed by atoms with E-state index in [2.05, 4.69) is 25.4 Å². The summed E-state index contributed by atoms with van der Waals surface area (Å²) in [5.74, 6) is 0.451. The molecular weight excluding hydrogens is 328 g/mol. The molecule has 4 N–H and O–H groups in total. The van der Waals surface area contributed by atoms with Gasteiger partial charge in [-0.15, -0.1) is 0 Å². The van der Waals surface area contributed by atoms with Crippen molar-refractivity contribution in [1.29, 1.82) is 0 Å². The lowest BCUT2D eigenvalue weighted by molar-refractivity contribution is -0.120. The Morgan fingerprint density at radius 1 is 1.08 bits per heavy atom. The molecule has 0 bridgehead atoms. The average molecular weight is 344 g/mol. The zero-order valence-corrected chi connectivity index (χ0v) is 13.9. The van der Waals surface area contributed by atoms with Gasteiger partial charge in [-0.25, -0.2) is 4.98 Å². The Balaban J connectivity index is 1.63. The van der Waals surface area contributed by atoms with Crippen LogP contribution >= 0.6 is 0 Å². The monoisotopic (exact) mass is 344 g/mol. The number of aromatic amines is 2. The second kappa shape index (κ2) is 5.26. The lowest BCUT2D eigenvalue weighted by Crippen LogP contribution is -2.28. The molecule has 1 aliphatic rings. The Bertz CT molecular complexity index is 1120. The van der Waals surface area contributed by atoms with Crippen molar-refractivity contribution in [3.8, 4) is 22.6 Å². The highest BCUT2D eigenvalue weighted by Gasteiger charge is 2.50. The van der Waals surface area contributed by atoms with Crippen molar-refractivity contribution in [3.63, 3.8) is 0 Å². The van der Waals surface area contributed by atoms with Crippen LogP contribution in [0.4, 0.5) is 0 Å². The summed E-state index contributed by atoms with van der Waals surface area (Å²) < 4.78 is 0. The molecule has 26 heavy (non-hydrogen) atoms. The number of fused-ring (bicyclic) bond motifs is 1. The van der Waals surface area contributed by atoms with E-state index < -0.39 is 5.41 Å². The van der Waals surface area contributed by atoms with E-state index in [-0.39, 0.29) is 5.91 Å². The fraction of sp³-hybridized carbons (Fsp3) is 0.158. The van der Waals surface area contributed by atoms with Crippen molar-refractivity contribution in [3.05, 3.63) is 54.4 Å². The Hall–Kier alpha value is -3.48. The first kappa shape index (κ1) is 14.8. The van der Waals surface area contributed by atoms with Crippen LogP contribution in [0.5, 0.6) is 0 Å². The van der Waals surface area contributed by atoms with E-state index in [1.807, 2.05) is 42.5 Å². The zero-order valence-electron chi connectivity index (χ0n) is 13.9. The number of benzene rings is 2. The molecule has 5 rings (SSSR count). The minimum Gasteiger partial charge on any atom is -0.369 e. The van der Waals surface area contributed by atoms with E-state index in [4.69, 9.17) is 5.73 Å². The number of aromatic nitrogens is 5. The summed E-state index contributed by atoms with van der Waals surface area (Å²) in [4.78, 5) is 16.1. The van der Waals surface area contributed by atoms with Gasteiger partial charge in [0.2, 0.25) is 5.91 Å². The van der Waals surface area contributed by atoms with Gasteiger partial charge in [-0.3, -0.25) is 15.0 Å². The fourth-order valence-electron chi connectivity index (χ4n) is 3.49. The maximum Gasteiger partial charge on any atom is 0.228 e. The quantitative estimate of drug-likeness (QED) is 0.528. The minimum atomic E-state index is -0.507. The number of nitrogens with two attached hydrogens (primary N) is 1. The van der Waals surface area contributed by atoms with E-state index in [9.17, 15) is 4.79 Å². The van der Waals surface area contributed by atoms with Gasteiger partial charge in [-0.05, 0) is 42.7 Å². The summed E-state index contributed by atoms with van der Waals surface area (Å²) in [6.45, 7) is 0. The molecule has 0 aliphatic heterocycles. The van der Waals surface area contributed by atoms with Crippen LogP contribution in [0.2, 0.25) is 0 Å². The molecule has 2 aromatic carbocycles. The van der Waals surface area contributed by atoms with Gasteiger partial charge >= 0.3 is 0 Å². The fourth-order valence-corrected chi connectivity index (χ4v) is 3.49. The normalized spacial score (nSPS) is 15.2. The molecule has 0 unspecified atom stereocenters. The Morgan fingerprint density at radius 3 is 2.69 bits per heavy atom. The van der Waals surface area contributed by atoms with Gasteiger partial charge in [-0.1, -0.05) is 18.2 Å². The highest BCUT2D eigenvalue weighted by atomic mass is 16.1. The molecule has 1 amide bonds. The number of rotatable bonds is 4. The van der Waals surface area contributed by atoms with Gasteiger partial charge in [0.25, 0.3) is 0 Å². The third-order valence-corrected chi connectivity index (χ3v) is 5.16. The van der Waals surface area contributed by atoms with Crippen LogP contribution in [-0.4, -0.2) is 31.3 Å². The van der Waals surface area contributed by atoms with Crippen LogP contribution in [0, 0.1) is 0 Å². The first-order chi connectivity index (χ1) is 12.7. The maximum absolute atomic E-state index is 11.9. The van der Waals surface area contributed by atoms with Crippen molar-refractivity contribution >= 4 is 16.8 Å². The molecule has 0 radical (unpaired) electrons. The largest absolute Gasteiger partial charge is 0.369 e. The summed E-state index contributed by atoms with van der Waals surface area (Å²) >= 11 is 0. The molecule has 0 spiro atoms. The van der Waals surface area contributed by atoms with E-state index >= 15 is 0 Å². The summed E-state index contributed by atoms with van der Waals surface area (Å²) in [5, 5.41) is 15.3. The van der Waals surface area contributed by atoms with Crippen LogP contribution in [-0.2, 0) is 10.2 Å². The lowest BCUT2D eigenvalue weighted by atomic mass is 9.92. The first-order valence-corrected chi connectivity index (χ1v) is 8.42. The number of nitrogens with zero attached hydrogens (tertiary/aromatic N) is 3. The SMILES string of the molecule is NC(=O)C1(c2cccc(-c3n[nH]c4ccc(-c5ncn[nH]5)cc34)c2)CC1. The van der Waals surface area contributed by atoms with Crippen molar-refractivity contribution < 1.29 is 4.79 Å². The molecule has 1 saturated carbocycles. The van der Waals surface area contributed by atoms with Crippen LogP contribution in [0.25, 0.3) is 33.5 Å². The van der Waals surface area contributed by atoms with Crippen molar-refractivity contribution in [2.75, 3.05) is 0 Å². The molecule has 7 nitrogen and oxygen atoms in total. The van der Waals surface area contributed by atoms with E-state index in [0.717, 1.165) is 46.1 Å². The van der Waals surface area contributed by atoms with Crippen molar-refractivity contribution in [2.45, 2.75) is 18.3 Å². The molecule has 2 aromatic heterocycles. The number of carbonyl (C=O) groups excluding carboxylic acids is 1. The van der Waals surface area contributed by atoms with E-state index in [1.54, 1.807) is 0 Å². The standard InChI is InChI=1S/C19H16N6O/c20-18(26)19(6-7-19)13-3-1-2-11(8-13)16-14-9-12(17-21-10-22-25-17)4-5-15(14)23-24-16/h1-5,8-10H,6-7H2,(H2,20,26)(H,23,24)(H,21,22,25). The number of H-pyrrole nitrogens is 2. The number of hydrogen-bond acceptors (Lipinski definition) is 4. The molecule has 2 heterocycles. The van der Waals surface area contributed by atoms with Gasteiger partial charge < -0.3 is 5.73 Å². The molecule has 1 fully saturated rings. The van der Waals surface area contributed by atoms with Crippen LogP contribution in [0.1, 0.15) is 18.4 Å². The smallest absolute Gasteiger partial charge is 0.228 e. The van der Waals surface area contributed by atoms with Gasteiger partial charge in [0.05, 0.1) is 16.6 Å². The maximum atomic E-state index is 11.9. The second-order valence-corrected chi connectivity index (χ2v) is 6.69. The third kappa shape index (κ3) is 2.13. The van der Waals surface area contributed by atoms with Gasteiger partial charge in [0, 0.05) is 16.5 Å². The van der Waals surface area contributed by atoms with Crippen LogP contribution < -0.4 is 5.73 Å². The Kier molecular flexibility index (Phi) is 3.00. The van der Waals surface area contributed by atoms with Crippen LogP contribution in [0.3, 0.4) is 0 Å². The van der Waals surface area contributed by atoms with Gasteiger partial charge in [0.1, 0.15) is 6.33 Å². The molecule has 4 aromatic rings. The highest BCUT2D eigenvalue weighted by Crippen LogP contribution is 2.48. The number of carbonyl (C=O) groups is 1. The highest BCUT2D eigenvalue weighted by molar-refractivity contribution is 5.96. The van der Waals surface area contributed by atoms with Crippen molar-refractivity contribution in [1.82, 2.24) is 25.4 Å². The number of nitrogens with one attached hydrogen (secondary N) is 2. The van der Waals surface area contributed by atoms with Gasteiger partial charge in [0.15, 0.2) is 5.82 Å². The van der Waals surface area contributed by atoms with Crippen molar-refractivity contribution in [2.24, 2.45) is 5.73 Å². The minimum absolute atomic E-state index is 0.255. The second-order valence-electron chi connectivity index (χ2n) is 6.69. The molecule has 0 saturated heterocycles. The number of amides is 1. The summed E-state index contributed by atoms with van der Waals surface area (Å²) in [7, 11) is 0. The lowest BCUT2D eigenvalue weighted by Gasteiger charge is -2.12. The molecule has 1 aliphatic carbocycles. The number of primary amides is 1. The predicted molar refractivity (Wildman–Crippen MR) is 97.0 cm³/mol. The third-order valence-electron chi connectivity index (χ3n) is 5.16. The molecule has 128 valence electrons. The first-order valence-electron chi connectivity index (χ1n) is 8.42. The average Bonchev–Trinajstić information content (AvgIpc) is 3.11. The van der Waals surface area contributed by atoms with Crippen LogP contribution in [0.15, 0.2) is 48.8 Å². The number of hydrogen-bond donors (Lipinski definition) is 3. The summed E-state index contributed by atoms with van der Waals surface area (Å²) in [6, 6.07) is 13.9. The van der Waals surface area contributed by atoms with Gasteiger partial charge in [-0.2, -0.15) is 10.2 Å². The summed E-state index contributed by atoms with van der Waals surface area (Å²) in [6.07, 6.45) is 3.10. The topological polar surface area (TPSA) is 113 Å². The Morgan fingerprint density at radius 2 is 1.96 bits per heavy atom. The van der Waals surface area contributed by atoms with E-state index in [0.29, 0.717) is 5.82 Å². The Labute approximate surface area is 148 Å². The molecular formula is C19H16N6O. The zero-order chi connectivity index (χ0) is 17.7. The summed E-state index contributed by atoms with van der Waals surface area (Å²) in [5.41, 5.74) is 9.74.